The maximum atomic E-state index is 13.0. The average Bonchev–Trinajstić information content (AvgIpc) is 2.32. The summed E-state index contributed by atoms with van der Waals surface area (Å²) in [5, 5.41) is 0. The molecule has 0 saturated carbocycles. The summed E-state index contributed by atoms with van der Waals surface area (Å²) in [6, 6.07) is 3.77. The summed E-state index contributed by atoms with van der Waals surface area (Å²) in [4.78, 5) is 18.9. The van der Waals surface area contributed by atoms with Gasteiger partial charge in [0.25, 0.3) is 0 Å². The van der Waals surface area contributed by atoms with E-state index in [0.29, 0.717) is 5.75 Å². The van der Waals surface area contributed by atoms with Crippen molar-refractivity contribution in [1.82, 2.24) is 9.97 Å². The van der Waals surface area contributed by atoms with Crippen LogP contribution in [0, 0.1) is 5.82 Å². The lowest BCUT2D eigenvalue weighted by Gasteiger charge is -2.08. The van der Waals surface area contributed by atoms with Crippen LogP contribution in [0.1, 0.15) is 17.3 Å². The Bertz CT molecular complexity index is 543. The lowest BCUT2D eigenvalue weighted by Crippen LogP contribution is -1.98. The number of ether oxygens (including phenoxy) is 1. The van der Waals surface area contributed by atoms with Crippen molar-refractivity contribution in [3.8, 4) is 11.5 Å². The molecule has 4 nitrogen and oxygen atoms in total. The Morgan fingerprint density at radius 2 is 2.00 bits per heavy atom. The van der Waals surface area contributed by atoms with E-state index < -0.39 is 5.82 Å². The van der Waals surface area contributed by atoms with E-state index in [4.69, 9.17) is 4.74 Å². The first kappa shape index (κ1) is 11.2. The maximum Gasteiger partial charge on any atom is 0.164 e. The first-order chi connectivity index (χ1) is 8.16. The Morgan fingerprint density at radius 3 is 2.65 bits per heavy atom. The van der Waals surface area contributed by atoms with Gasteiger partial charge in [0.05, 0.1) is 18.0 Å². The van der Waals surface area contributed by atoms with E-state index >= 15 is 0 Å². The van der Waals surface area contributed by atoms with Crippen molar-refractivity contribution in [3.63, 3.8) is 0 Å². The highest BCUT2D eigenvalue weighted by molar-refractivity contribution is 5.96. The van der Waals surface area contributed by atoms with Gasteiger partial charge in [-0.1, -0.05) is 0 Å². The van der Waals surface area contributed by atoms with Gasteiger partial charge in [0.15, 0.2) is 11.5 Å². The Morgan fingerprint density at radius 1 is 1.29 bits per heavy atom. The molecule has 2 rings (SSSR count). The van der Waals surface area contributed by atoms with Crippen molar-refractivity contribution in [2.24, 2.45) is 0 Å². The zero-order valence-electron chi connectivity index (χ0n) is 9.05. The third-order valence-electron chi connectivity index (χ3n) is 2.09. The van der Waals surface area contributed by atoms with Gasteiger partial charge in [0.2, 0.25) is 0 Å². The number of benzene rings is 1. The fourth-order valence-electron chi connectivity index (χ4n) is 1.33. The molecule has 0 bridgehead atoms. The molecule has 1 aromatic heterocycles. The number of ketones is 1. The number of hydrogen-bond acceptors (Lipinski definition) is 4. The molecule has 0 fully saturated rings. The predicted molar refractivity (Wildman–Crippen MR) is 58.5 cm³/mol. The van der Waals surface area contributed by atoms with E-state index in [1.807, 2.05) is 0 Å². The van der Waals surface area contributed by atoms with Crippen molar-refractivity contribution >= 4 is 5.78 Å². The predicted octanol–water partition coefficient (Wildman–Crippen LogP) is 2.61. The smallest absolute Gasteiger partial charge is 0.164 e. The van der Waals surface area contributed by atoms with Crippen LogP contribution in [0.25, 0.3) is 0 Å². The number of nitrogens with zero attached hydrogens (tertiary/aromatic N) is 2. The van der Waals surface area contributed by atoms with E-state index in [1.54, 1.807) is 0 Å². The topological polar surface area (TPSA) is 52.1 Å². The number of rotatable bonds is 3. The fraction of sp³-hybridized carbons (Fsp3) is 0.0833. The molecule has 0 spiro atoms. The second-order valence-corrected chi connectivity index (χ2v) is 3.37. The number of Topliss-reactive ketones (excluding diaryl/α,β-unsaturated/α-hetero) is 1. The molecule has 17 heavy (non-hydrogen) atoms. The second kappa shape index (κ2) is 4.69. The minimum atomic E-state index is -0.480. The Hall–Kier alpha value is -2.30. The summed E-state index contributed by atoms with van der Waals surface area (Å²) in [7, 11) is 0. The van der Waals surface area contributed by atoms with Crippen LogP contribution in [0.15, 0.2) is 36.9 Å². The Kier molecular flexibility index (Phi) is 3.09. The van der Waals surface area contributed by atoms with Crippen LogP contribution in [0.4, 0.5) is 4.39 Å². The SMILES string of the molecule is CC(=O)c1cc(F)ccc1Oc1cncnc1. The summed E-state index contributed by atoms with van der Waals surface area (Å²) in [6.45, 7) is 1.35. The van der Waals surface area contributed by atoms with Crippen molar-refractivity contribution in [1.29, 1.82) is 0 Å². The molecule has 0 aliphatic carbocycles. The first-order valence-corrected chi connectivity index (χ1v) is 4.90. The highest BCUT2D eigenvalue weighted by atomic mass is 19.1. The van der Waals surface area contributed by atoms with Crippen LogP contribution in [0.3, 0.4) is 0 Å². The Balaban J connectivity index is 2.36. The highest BCUT2D eigenvalue weighted by Gasteiger charge is 2.10. The fourth-order valence-corrected chi connectivity index (χ4v) is 1.33. The normalized spacial score (nSPS) is 10.0. The molecular weight excluding hydrogens is 223 g/mol. The molecule has 0 amide bonds. The van der Waals surface area contributed by atoms with Crippen LogP contribution in [-0.4, -0.2) is 15.8 Å². The van der Waals surface area contributed by atoms with Gasteiger partial charge in [-0.25, -0.2) is 14.4 Å². The van der Waals surface area contributed by atoms with Crippen LogP contribution in [0.5, 0.6) is 11.5 Å². The Labute approximate surface area is 97.1 Å². The third-order valence-corrected chi connectivity index (χ3v) is 2.09. The van der Waals surface area contributed by atoms with Crippen molar-refractivity contribution in [2.75, 3.05) is 0 Å². The van der Waals surface area contributed by atoms with Gasteiger partial charge in [0.1, 0.15) is 17.9 Å². The quantitative estimate of drug-likeness (QED) is 0.763. The zero-order valence-corrected chi connectivity index (χ0v) is 9.05. The van der Waals surface area contributed by atoms with Gasteiger partial charge in [-0.15, -0.1) is 0 Å². The van der Waals surface area contributed by atoms with Gasteiger partial charge in [-0.2, -0.15) is 0 Å². The van der Waals surface area contributed by atoms with Crippen molar-refractivity contribution in [2.45, 2.75) is 6.92 Å². The summed E-state index contributed by atoms with van der Waals surface area (Å²) in [5.41, 5.74) is 0.189. The van der Waals surface area contributed by atoms with Crippen molar-refractivity contribution in [3.05, 3.63) is 48.3 Å². The van der Waals surface area contributed by atoms with Crippen LogP contribution in [-0.2, 0) is 0 Å². The minimum absolute atomic E-state index is 0.189. The number of carbonyl (C=O) groups excluding carboxylic acids is 1. The van der Waals surface area contributed by atoms with E-state index in [-0.39, 0.29) is 17.1 Å². The minimum Gasteiger partial charge on any atom is -0.453 e. The second-order valence-electron chi connectivity index (χ2n) is 3.37. The standard InChI is InChI=1S/C12H9FN2O2/c1-8(16)11-4-9(13)2-3-12(11)17-10-5-14-7-15-6-10/h2-7H,1H3. The number of aromatic nitrogens is 2. The molecule has 0 saturated heterocycles. The molecular formula is C12H9FN2O2. The summed E-state index contributed by atoms with van der Waals surface area (Å²) in [5.74, 6) is -0.0708. The summed E-state index contributed by atoms with van der Waals surface area (Å²) in [6.07, 6.45) is 4.28. The van der Waals surface area contributed by atoms with Crippen LogP contribution >= 0.6 is 0 Å². The monoisotopic (exact) mass is 232 g/mol. The number of hydrogen-bond donors (Lipinski definition) is 0. The molecule has 5 heteroatoms. The average molecular weight is 232 g/mol. The van der Waals surface area contributed by atoms with Gasteiger partial charge in [-0.05, 0) is 25.1 Å². The largest absolute Gasteiger partial charge is 0.453 e. The molecule has 0 aliphatic heterocycles. The number of carbonyl (C=O) groups is 1. The van der Waals surface area contributed by atoms with E-state index in [9.17, 15) is 9.18 Å². The molecule has 1 heterocycles. The maximum absolute atomic E-state index is 13.0. The van der Waals surface area contributed by atoms with E-state index in [0.717, 1.165) is 6.07 Å². The molecule has 2 aromatic rings. The number of halogens is 1. The van der Waals surface area contributed by atoms with Crippen LogP contribution in [0.2, 0.25) is 0 Å². The summed E-state index contributed by atoms with van der Waals surface area (Å²) >= 11 is 0. The lowest BCUT2D eigenvalue weighted by atomic mass is 10.1. The lowest BCUT2D eigenvalue weighted by molar-refractivity contribution is 0.101. The van der Waals surface area contributed by atoms with Gasteiger partial charge in [-0.3, -0.25) is 4.79 Å². The molecule has 0 unspecified atom stereocenters. The molecule has 0 radical (unpaired) electrons. The molecule has 0 atom stereocenters. The van der Waals surface area contributed by atoms with Gasteiger partial charge >= 0.3 is 0 Å². The zero-order chi connectivity index (χ0) is 12.3. The van der Waals surface area contributed by atoms with E-state index in [1.165, 1.54) is 37.8 Å². The van der Waals surface area contributed by atoms with Crippen molar-refractivity contribution < 1.29 is 13.9 Å². The van der Waals surface area contributed by atoms with Gasteiger partial charge < -0.3 is 4.74 Å². The van der Waals surface area contributed by atoms with Crippen LogP contribution < -0.4 is 4.74 Å². The molecule has 0 aliphatic rings. The van der Waals surface area contributed by atoms with Gasteiger partial charge in [0, 0.05) is 0 Å². The third kappa shape index (κ3) is 2.63. The highest BCUT2D eigenvalue weighted by Crippen LogP contribution is 2.25. The van der Waals surface area contributed by atoms with E-state index in [2.05, 4.69) is 9.97 Å². The molecule has 0 N–H and O–H groups in total. The molecule has 1 aromatic carbocycles. The molecule has 86 valence electrons. The first-order valence-electron chi connectivity index (χ1n) is 4.90. The summed E-state index contributed by atoms with van der Waals surface area (Å²) < 4.78 is 18.4.